The maximum Gasteiger partial charge on any atom is 0.407 e. The highest BCUT2D eigenvalue weighted by Gasteiger charge is 2.41. The van der Waals surface area contributed by atoms with E-state index in [1.165, 1.54) is 0 Å². The highest BCUT2D eigenvalue weighted by Crippen LogP contribution is 2.32. The highest BCUT2D eigenvalue weighted by atomic mass is 32.2. The average Bonchev–Trinajstić information content (AvgIpc) is 3.73. The van der Waals surface area contributed by atoms with Crippen LogP contribution in [0.2, 0.25) is 0 Å². The number of likely N-dealkylation sites (N-methyl/N-ethyl adjacent to an activating group) is 2. The van der Waals surface area contributed by atoms with E-state index in [1.54, 1.807) is 30.8 Å². The molecule has 1 aliphatic rings. The van der Waals surface area contributed by atoms with Gasteiger partial charge < -0.3 is 35.2 Å². The molecule has 0 bridgehead atoms. The van der Waals surface area contributed by atoms with Crippen LogP contribution in [0.1, 0.15) is 84.8 Å². The van der Waals surface area contributed by atoms with Gasteiger partial charge >= 0.3 is 6.09 Å². The molecule has 2 aromatic carbocycles. The summed E-state index contributed by atoms with van der Waals surface area (Å²) in [5.74, 6) is -0.258. The zero-order valence-electron chi connectivity index (χ0n) is 38.4. The minimum atomic E-state index is -0.766. The quantitative estimate of drug-likeness (QED) is 0.106. The second kappa shape index (κ2) is 26.4. The van der Waals surface area contributed by atoms with E-state index in [9.17, 15) is 24.0 Å². The van der Waals surface area contributed by atoms with Gasteiger partial charge in [0.2, 0.25) is 23.6 Å². The number of likely N-dealkylation sites (tertiary alicyclic amines) is 1. The van der Waals surface area contributed by atoms with E-state index in [4.69, 9.17) is 9.47 Å². The Labute approximate surface area is 369 Å². The van der Waals surface area contributed by atoms with Crippen LogP contribution in [-0.4, -0.2) is 134 Å². The van der Waals surface area contributed by atoms with Crippen LogP contribution < -0.4 is 16.0 Å². The Morgan fingerprint density at radius 2 is 1.49 bits per heavy atom. The summed E-state index contributed by atoms with van der Waals surface area (Å²) < 4.78 is 11.5. The summed E-state index contributed by atoms with van der Waals surface area (Å²) in [7, 11) is 7.05. The molecule has 14 heteroatoms. The van der Waals surface area contributed by atoms with Crippen molar-refractivity contribution >= 4 is 41.5 Å². The molecule has 1 fully saturated rings. The number of hydrogen-bond acceptors (Lipinski definition) is 9. The molecule has 0 radical (unpaired) electrons. The number of carbonyl (C=O) groups is 5. The van der Waals surface area contributed by atoms with Gasteiger partial charge in [0.05, 0.1) is 24.6 Å². The Hall–Kier alpha value is -4.14. The molecule has 2 aromatic rings. The summed E-state index contributed by atoms with van der Waals surface area (Å²) in [4.78, 5) is 73.7. The molecule has 0 spiro atoms. The lowest BCUT2D eigenvalue weighted by molar-refractivity contribution is -0.146. The predicted octanol–water partition coefficient (Wildman–Crippen LogP) is 5.76. The molecular formula is C47H74N6O7S. The fraction of sp³-hybridized carbons (Fsp3) is 0.638. The van der Waals surface area contributed by atoms with Crippen molar-refractivity contribution in [3.63, 3.8) is 0 Å². The molecule has 0 aromatic heterocycles. The van der Waals surface area contributed by atoms with Crippen molar-refractivity contribution in [2.45, 2.75) is 122 Å². The van der Waals surface area contributed by atoms with Gasteiger partial charge in [0.15, 0.2) is 0 Å². The number of alkyl carbamates (subject to hydrolysis) is 1. The molecule has 5 amide bonds. The van der Waals surface area contributed by atoms with Gasteiger partial charge in [0.25, 0.3) is 0 Å². The Balaban J connectivity index is 1.75. The second-order valence-electron chi connectivity index (χ2n) is 17.2. The van der Waals surface area contributed by atoms with Crippen molar-refractivity contribution in [3.8, 4) is 0 Å². The summed E-state index contributed by atoms with van der Waals surface area (Å²) in [5.41, 5.74) is 2.03. The third kappa shape index (κ3) is 16.2. The third-order valence-electron chi connectivity index (χ3n) is 11.7. The first-order valence-corrected chi connectivity index (χ1v) is 23.1. The van der Waals surface area contributed by atoms with E-state index in [0.717, 1.165) is 30.4 Å². The molecule has 3 N–H and O–H groups in total. The van der Waals surface area contributed by atoms with Crippen molar-refractivity contribution in [1.82, 2.24) is 30.7 Å². The maximum atomic E-state index is 14.4. The number of ether oxygens (including phenoxy) is 2. The topological polar surface area (TPSA) is 150 Å². The largest absolute Gasteiger partial charge is 0.445 e. The molecule has 3 rings (SSSR count). The van der Waals surface area contributed by atoms with Gasteiger partial charge in [-0.2, -0.15) is 11.8 Å². The van der Waals surface area contributed by atoms with Crippen LogP contribution in [-0.2, 0) is 41.7 Å². The highest BCUT2D eigenvalue weighted by molar-refractivity contribution is 8.00. The number of amides is 5. The van der Waals surface area contributed by atoms with Crippen molar-refractivity contribution in [1.29, 1.82) is 0 Å². The number of carbonyl (C=O) groups excluding carboxylic acids is 5. The van der Waals surface area contributed by atoms with Gasteiger partial charge in [0, 0.05) is 57.3 Å². The average molecular weight is 867 g/mol. The fourth-order valence-electron chi connectivity index (χ4n) is 8.30. The normalized spacial score (nSPS) is 17.0. The summed E-state index contributed by atoms with van der Waals surface area (Å²) >= 11 is 1.57. The summed E-state index contributed by atoms with van der Waals surface area (Å²) in [6.07, 6.45) is 2.09. The summed E-state index contributed by atoms with van der Waals surface area (Å²) in [5, 5.41) is 8.73. The van der Waals surface area contributed by atoms with Crippen LogP contribution in [0.5, 0.6) is 0 Å². The lowest BCUT2D eigenvalue weighted by atomic mass is 9.89. The van der Waals surface area contributed by atoms with Crippen molar-refractivity contribution in [2.75, 3.05) is 53.6 Å². The maximum absolute atomic E-state index is 14.4. The minimum Gasteiger partial charge on any atom is -0.445 e. The number of nitrogens with zero attached hydrogens (tertiary/aromatic N) is 3. The molecule has 7 unspecified atom stereocenters. The minimum absolute atomic E-state index is 0.0236. The molecule has 340 valence electrons. The van der Waals surface area contributed by atoms with E-state index in [1.807, 2.05) is 112 Å². The molecule has 0 aliphatic carbocycles. The van der Waals surface area contributed by atoms with E-state index in [0.29, 0.717) is 31.8 Å². The molecule has 1 aliphatic heterocycles. The van der Waals surface area contributed by atoms with E-state index in [2.05, 4.69) is 29.8 Å². The third-order valence-corrected chi connectivity index (χ3v) is 13.0. The lowest BCUT2D eigenvalue weighted by Gasteiger charge is -2.41. The lowest BCUT2D eigenvalue weighted by Crippen LogP contribution is -2.59. The zero-order valence-corrected chi connectivity index (χ0v) is 39.2. The zero-order chi connectivity index (χ0) is 45.1. The summed E-state index contributed by atoms with van der Waals surface area (Å²) in [6.45, 7) is 13.5. The SMILES string of the molecule is CCC(C)C(C(CC(=O)N1CCCC1C(CC(=O)NCCc1ccccc1)SCCNC(=O)OCc1ccccc1)OC)N(C)C(=O)C(NC(=O)C(C(C)C)N(C)C)C(C)C. The summed E-state index contributed by atoms with van der Waals surface area (Å²) in [6, 6.07) is 17.6. The Morgan fingerprint density at radius 3 is 2.07 bits per heavy atom. The van der Waals surface area contributed by atoms with E-state index in [-0.39, 0.29) is 72.1 Å². The standard InChI is InChI=1S/C47H74N6O7S/c1-11-34(6)44(52(9)46(57)42(32(2)3)50-45(56)43(33(4)5)51(7)8)38(59-10)29-41(55)53-27-18-23-37(53)39(30-40(54)48-25-24-35-19-14-12-15-20-35)61-28-26-49-47(58)60-31-36-21-16-13-17-22-36/h12-17,19-22,32-34,37-39,42-44H,11,18,23-31H2,1-10H3,(H,48,54)(H,49,58)(H,50,56). The van der Waals surface area contributed by atoms with Crippen LogP contribution in [0, 0.1) is 17.8 Å². The molecule has 0 saturated carbocycles. The number of rotatable bonds is 25. The first-order chi connectivity index (χ1) is 29.1. The van der Waals surface area contributed by atoms with Crippen LogP contribution in [0.4, 0.5) is 4.79 Å². The van der Waals surface area contributed by atoms with Crippen molar-refractivity contribution in [3.05, 3.63) is 71.8 Å². The molecule has 1 heterocycles. The van der Waals surface area contributed by atoms with Crippen LogP contribution in [0.15, 0.2) is 60.7 Å². The van der Waals surface area contributed by atoms with Crippen LogP contribution >= 0.6 is 11.8 Å². The van der Waals surface area contributed by atoms with E-state index >= 15 is 0 Å². The van der Waals surface area contributed by atoms with Crippen molar-refractivity contribution in [2.24, 2.45) is 17.8 Å². The van der Waals surface area contributed by atoms with Gasteiger partial charge in [-0.3, -0.25) is 24.1 Å². The molecule has 13 nitrogen and oxygen atoms in total. The van der Waals surface area contributed by atoms with Gasteiger partial charge in [0.1, 0.15) is 12.6 Å². The van der Waals surface area contributed by atoms with Gasteiger partial charge in [-0.25, -0.2) is 4.79 Å². The van der Waals surface area contributed by atoms with Gasteiger partial charge in [-0.15, -0.1) is 0 Å². The monoisotopic (exact) mass is 867 g/mol. The van der Waals surface area contributed by atoms with Crippen LogP contribution in [0.25, 0.3) is 0 Å². The van der Waals surface area contributed by atoms with E-state index < -0.39 is 30.3 Å². The molecule has 61 heavy (non-hydrogen) atoms. The number of benzene rings is 2. The number of methoxy groups -OCH3 is 1. The Morgan fingerprint density at radius 1 is 0.852 bits per heavy atom. The van der Waals surface area contributed by atoms with Gasteiger partial charge in [-0.05, 0) is 62.2 Å². The van der Waals surface area contributed by atoms with Crippen LogP contribution in [0.3, 0.4) is 0 Å². The smallest absolute Gasteiger partial charge is 0.407 e. The molecular weight excluding hydrogens is 793 g/mol. The fourth-order valence-corrected chi connectivity index (χ4v) is 9.60. The Bertz CT molecular complexity index is 1640. The van der Waals surface area contributed by atoms with Crippen molar-refractivity contribution < 1.29 is 33.4 Å². The number of thioether (sulfide) groups is 1. The number of hydrogen-bond donors (Lipinski definition) is 3. The van der Waals surface area contributed by atoms with Gasteiger partial charge in [-0.1, -0.05) is 109 Å². The predicted molar refractivity (Wildman–Crippen MR) is 244 cm³/mol. The molecule has 7 atom stereocenters. The first-order valence-electron chi connectivity index (χ1n) is 22.0. The Kier molecular flexibility index (Phi) is 22.1. The second-order valence-corrected chi connectivity index (χ2v) is 18.5. The number of nitrogens with one attached hydrogen (secondary N) is 3. The molecule has 1 saturated heterocycles. The first kappa shape index (κ1) is 51.2.